The van der Waals surface area contributed by atoms with Gasteiger partial charge in [0.2, 0.25) is 0 Å². The first-order valence-electron chi connectivity index (χ1n) is 13.4. The predicted octanol–water partition coefficient (Wildman–Crippen LogP) is 7.75. The minimum absolute atomic E-state index is 0. The zero-order valence-corrected chi connectivity index (χ0v) is 32.4. The summed E-state index contributed by atoms with van der Waals surface area (Å²) in [5, 5.41) is 10.4. The number of phosphoric acid groups is 1. The number of aliphatic carboxylic acids is 1. The fourth-order valence-corrected chi connectivity index (χ4v) is 8.70. The Bertz CT molecular complexity index is 926. The Morgan fingerprint density at radius 2 is 1.00 bits per heavy atom. The van der Waals surface area contributed by atoms with Crippen molar-refractivity contribution in [2.45, 2.75) is 107 Å². The van der Waals surface area contributed by atoms with Gasteiger partial charge in [-0.2, -0.15) is 0 Å². The van der Waals surface area contributed by atoms with Gasteiger partial charge in [-0.3, -0.25) is 9.09 Å². The summed E-state index contributed by atoms with van der Waals surface area (Å²) in [6.45, 7) is 26.3. The largest absolute Gasteiger partial charge is 0.756 e. The summed E-state index contributed by atoms with van der Waals surface area (Å²) >= 11 is 0. The molecule has 0 aliphatic rings. The summed E-state index contributed by atoms with van der Waals surface area (Å²) in [6, 6.07) is 0. The van der Waals surface area contributed by atoms with Crippen molar-refractivity contribution in [2.24, 2.45) is 16.2 Å². The van der Waals surface area contributed by atoms with Crippen LogP contribution in [-0.2, 0) is 37.6 Å². The van der Waals surface area contributed by atoms with Gasteiger partial charge in [0.25, 0.3) is 7.82 Å². The van der Waals surface area contributed by atoms with Crippen molar-refractivity contribution < 1.29 is 54.9 Å². The van der Waals surface area contributed by atoms with Gasteiger partial charge in [0, 0.05) is 0 Å². The lowest BCUT2D eigenvalue weighted by molar-refractivity contribution is -0.887. The van der Waals surface area contributed by atoms with E-state index in [0.29, 0.717) is 17.7 Å². The molecule has 0 aromatic rings. The van der Waals surface area contributed by atoms with E-state index in [1.807, 2.05) is 76.0 Å². The minimum atomic E-state index is -4.18. The second-order valence-electron chi connectivity index (χ2n) is 15.9. The van der Waals surface area contributed by atoms with E-state index >= 15 is 0 Å². The standard InChI is InChI=1S/C9H22NO4P.C9H19O3P.C8H19O4PS.6CH4/c1-9(2,3)7-13-15(11,12)14-8-10(4,5)6;1-9(2,3)7-12-13(4,5)6-8(10)11;1-8(2,3)6-12-13(4,5)7-14(9,10)11;;;;;;/h7-8H2,1-6H3;6-7H2,1-5H3;6-7H2,1-5H3;6*1H4. The fraction of sp³-hybridized carbons (Fsp3) is 0.969. The van der Waals surface area contributed by atoms with Crippen LogP contribution in [0.4, 0.5) is 0 Å². The van der Waals surface area contributed by atoms with Crippen LogP contribution in [0.3, 0.4) is 0 Å². The summed E-state index contributed by atoms with van der Waals surface area (Å²) < 4.78 is 64.0. The smallest absolute Gasteiger partial charge is 0.272 e. The number of quaternary nitrogens is 1. The number of carbonyl (C=O) groups is 1. The van der Waals surface area contributed by atoms with E-state index in [4.69, 9.17) is 18.1 Å². The second kappa shape index (κ2) is 26.9. The van der Waals surface area contributed by atoms with E-state index in [2.05, 4.69) is 20.8 Å². The molecular weight excluding hydrogens is 699 g/mol. The third-order valence-electron chi connectivity index (χ3n) is 3.93. The molecule has 0 N–H and O–H groups in total. The van der Waals surface area contributed by atoms with Gasteiger partial charge in [0.05, 0.1) is 73.6 Å². The first-order chi connectivity index (χ1) is 18.0. The van der Waals surface area contributed by atoms with Gasteiger partial charge in [-0.15, -0.1) is 0 Å². The van der Waals surface area contributed by atoms with Crippen LogP contribution in [0, 0.1) is 16.2 Å². The fourth-order valence-electron chi connectivity index (χ4n) is 2.07. The Hall–Kier alpha value is 0.230. The van der Waals surface area contributed by atoms with Gasteiger partial charge >= 0.3 is 0 Å². The van der Waals surface area contributed by atoms with Crippen LogP contribution >= 0.6 is 22.8 Å². The number of hydrogen-bond donors (Lipinski definition) is 0. The lowest BCUT2D eigenvalue weighted by Gasteiger charge is -2.30. The number of hydrogen-bond acceptors (Lipinski definition) is 11. The van der Waals surface area contributed by atoms with E-state index in [1.54, 1.807) is 13.3 Å². The highest BCUT2D eigenvalue weighted by atomic mass is 32.2. The Kier molecular flexibility index (Phi) is 39.2. The van der Waals surface area contributed by atoms with Crippen LogP contribution in [0.1, 0.15) is 107 Å². The number of carboxylic acid groups (broad SMARTS) is 1. The highest BCUT2D eigenvalue weighted by Gasteiger charge is 2.32. The highest BCUT2D eigenvalue weighted by Crippen LogP contribution is 2.54. The van der Waals surface area contributed by atoms with Crippen molar-refractivity contribution in [1.82, 2.24) is 0 Å². The third kappa shape index (κ3) is 61.5. The first kappa shape index (κ1) is 69.9. The van der Waals surface area contributed by atoms with E-state index in [9.17, 15) is 32.3 Å². The van der Waals surface area contributed by atoms with E-state index < -0.39 is 38.9 Å². The lowest BCUT2D eigenvalue weighted by Crippen LogP contribution is -2.37. The van der Waals surface area contributed by atoms with Gasteiger partial charge in [-0.05, 0) is 16.2 Å². The zero-order chi connectivity index (χ0) is 34.6. The molecule has 12 nitrogen and oxygen atoms in total. The van der Waals surface area contributed by atoms with Crippen LogP contribution in [0.15, 0.2) is 0 Å². The molecule has 0 radical (unpaired) electrons. The molecule has 0 fully saturated rings. The predicted molar refractivity (Wildman–Crippen MR) is 210 cm³/mol. The maximum absolute atomic E-state index is 11.3. The van der Waals surface area contributed by atoms with Gasteiger partial charge in [0.15, 0.2) is 19.7 Å². The Morgan fingerprint density at radius 1 is 0.688 bits per heavy atom. The molecule has 0 rings (SSSR count). The highest BCUT2D eigenvalue weighted by molar-refractivity contribution is 7.96. The molecule has 0 saturated carbocycles. The summed E-state index contributed by atoms with van der Waals surface area (Å²) in [5.74, 6) is -1.02. The Balaban J connectivity index is -0.0000000640. The number of nitrogens with zero attached hydrogens (tertiary/aromatic N) is 1. The number of carbonyl (C=O) groups excluding carboxylic acids is 1. The van der Waals surface area contributed by atoms with E-state index in [0.717, 1.165) is 0 Å². The minimum Gasteiger partial charge on any atom is -0.756 e. The number of phosphoric ester groups is 1. The Labute approximate surface area is 302 Å². The van der Waals surface area contributed by atoms with Crippen molar-refractivity contribution in [3.63, 3.8) is 0 Å². The van der Waals surface area contributed by atoms with Crippen molar-refractivity contribution in [3.8, 4) is 0 Å². The molecule has 1 atom stereocenters. The molecule has 0 amide bonds. The topological polar surface area (TPSA) is 174 Å². The monoisotopic (exact) mass is 783 g/mol. The number of carboxylic acids is 1. The molecule has 0 aromatic carbocycles. The van der Waals surface area contributed by atoms with Crippen molar-refractivity contribution in [1.29, 1.82) is 0 Å². The average Bonchev–Trinajstić information content (AvgIpc) is 2.65. The maximum atomic E-state index is 11.3. The van der Waals surface area contributed by atoms with Gasteiger partial charge in [-0.25, -0.2) is 17.5 Å². The third-order valence-corrected chi connectivity index (χ3v) is 11.2. The first-order valence-corrected chi connectivity index (χ1v) is 22.1. The van der Waals surface area contributed by atoms with E-state index in [1.165, 1.54) is 0 Å². The van der Waals surface area contributed by atoms with Crippen molar-refractivity contribution in [2.75, 3.05) is 86.0 Å². The molecule has 48 heavy (non-hydrogen) atoms. The Morgan fingerprint density at radius 3 is 1.25 bits per heavy atom. The van der Waals surface area contributed by atoms with Gasteiger partial charge < -0.3 is 28.4 Å². The van der Waals surface area contributed by atoms with Crippen LogP contribution < -0.4 is 10.00 Å². The molecule has 0 bridgehead atoms. The van der Waals surface area contributed by atoms with Crippen LogP contribution in [0.5, 0.6) is 0 Å². The summed E-state index contributed by atoms with van der Waals surface area (Å²) in [6.07, 6.45) is 0.0447. The summed E-state index contributed by atoms with van der Waals surface area (Å²) in [4.78, 5) is 21.7. The molecule has 0 spiro atoms. The molecule has 304 valence electrons. The molecule has 0 aliphatic carbocycles. The molecule has 0 aromatic heterocycles. The van der Waals surface area contributed by atoms with Crippen LogP contribution in [0.2, 0.25) is 0 Å². The normalized spacial score (nSPS) is 13.2. The molecular formula is C32H84NO11P3S. The van der Waals surface area contributed by atoms with Crippen molar-refractivity contribution in [3.05, 3.63) is 0 Å². The average molecular weight is 784 g/mol. The van der Waals surface area contributed by atoms with E-state index in [-0.39, 0.29) is 85.8 Å². The SMILES string of the molecule is C.C.C.C.C.C.CC(C)(C)COP(=O)([O-])OC[N+](C)(C)C.CC(C)(C)CO[P+](C)(C)CC(=O)[O-].CC(C)(C)CO[P+](C)(C)CS(=O)(=O)[O-]. The van der Waals surface area contributed by atoms with Crippen molar-refractivity contribution >= 4 is 38.9 Å². The quantitative estimate of drug-likeness (QED) is 0.0773. The molecule has 0 aliphatic heterocycles. The maximum Gasteiger partial charge on any atom is 0.272 e. The van der Waals surface area contributed by atoms with Crippen LogP contribution in [-0.4, -0.2) is 109 Å². The zero-order valence-electron chi connectivity index (χ0n) is 28.9. The summed E-state index contributed by atoms with van der Waals surface area (Å²) in [7, 11) is -6.63. The molecule has 0 heterocycles. The molecule has 1 unspecified atom stereocenters. The van der Waals surface area contributed by atoms with Gasteiger partial charge in [0.1, 0.15) is 23.8 Å². The van der Waals surface area contributed by atoms with Gasteiger partial charge in [-0.1, -0.05) is 107 Å². The summed E-state index contributed by atoms with van der Waals surface area (Å²) in [5.41, 5.74) is -0.497. The number of rotatable bonds is 13. The second-order valence-corrected chi connectivity index (χ2v) is 26.6. The van der Waals surface area contributed by atoms with Crippen LogP contribution in [0.25, 0.3) is 0 Å². The lowest BCUT2D eigenvalue weighted by atomic mass is 9.99. The molecule has 16 heteroatoms. The molecule has 0 saturated heterocycles.